The van der Waals surface area contributed by atoms with Crippen molar-refractivity contribution in [3.05, 3.63) is 41.3 Å². The second kappa shape index (κ2) is 7.44. The lowest BCUT2D eigenvalue weighted by Crippen LogP contribution is -2.26. The van der Waals surface area contributed by atoms with Gasteiger partial charge in [-0.1, -0.05) is 5.16 Å². The highest BCUT2D eigenvalue weighted by atomic mass is 32.1. The monoisotopic (exact) mass is 384 g/mol. The van der Waals surface area contributed by atoms with Crippen molar-refractivity contribution in [3.8, 4) is 33.4 Å². The van der Waals surface area contributed by atoms with E-state index in [0.29, 0.717) is 23.0 Å². The molecule has 1 aliphatic heterocycles. The molecule has 0 unspecified atom stereocenters. The second-order valence-corrected chi connectivity index (χ2v) is 7.39. The molecule has 1 amide bonds. The number of rotatable bonds is 5. The summed E-state index contributed by atoms with van der Waals surface area (Å²) < 4.78 is 16.2. The van der Waals surface area contributed by atoms with Crippen LogP contribution >= 0.6 is 11.3 Å². The number of carbonyl (C=O) groups is 1. The van der Waals surface area contributed by atoms with E-state index in [9.17, 15) is 4.79 Å². The second-order valence-electron chi connectivity index (χ2n) is 6.31. The summed E-state index contributed by atoms with van der Waals surface area (Å²) >= 11 is 1.43. The quantitative estimate of drug-likeness (QED) is 0.655. The summed E-state index contributed by atoms with van der Waals surface area (Å²) in [5, 5.41) is 4.18. The zero-order valence-electron chi connectivity index (χ0n) is 15.2. The number of ether oxygens (including phenoxy) is 2. The Morgan fingerprint density at radius 3 is 2.67 bits per heavy atom. The first-order valence-corrected chi connectivity index (χ1v) is 9.60. The highest BCUT2D eigenvalue weighted by Gasteiger charge is 2.22. The molecule has 4 rings (SSSR count). The Bertz CT molecular complexity index is 957. The highest BCUT2D eigenvalue weighted by molar-refractivity contribution is 7.17. The van der Waals surface area contributed by atoms with Gasteiger partial charge in [0.2, 0.25) is 0 Å². The Morgan fingerprint density at radius 2 is 1.93 bits per heavy atom. The molecule has 27 heavy (non-hydrogen) atoms. The summed E-state index contributed by atoms with van der Waals surface area (Å²) in [6, 6.07) is 11.1. The van der Waals surface area contributed by atoms with E-state index in [1.807, 2.05) is 41.3 Å². The summed E-state index contributed by atoms with van der Waals surface area (Å²) in [6.45, 7) is 1.68. The van der Waals surface area contributed by atoms with Gasteiger partial charge < -0.3 is 18.9 Å². The number of aromatic nitrogens is 1. The molecule has 0 aliphatic carbocycles. The van der Waals surface area contributed by atoms with Gasteiger partial charge >= 0.3 is 0 Å². The fraction of sp³-hybridized carbons (Fsp3) is 0.300. The van der Waals surface area contributed by atoms with Crippen LogP contribution in [0.15, 0.2) is 40.9 Å². The predicted octanol–water partition coefficient (Wildman–Crippen LogP) is 4.32. The van der Waals surface area contributed by atoms with E-state index in [0.717, 1.165) is 41.2 Å². The van der Waals surface area contributed by atoms with Gasteiger partial charge in [-0.15, -0.1) is 11.3 Å². The molecular formula is C20H20N2O4S. The molecule has 0 N–H and O–H groups in total. The highest BCUT2D eigenvalue weighted by Crippen LogP contribution is 2.36. The van der Waals surface area contributed by atoms with Gasteiger partial charge in [-0.3, -0.25) is 4.79 Å². The molecule has 0 atom stereocenters. The number of methoxy groups -OCH3 is 2. The number of likely N-dealkylation sites (tertiary alicyclic amines) is 1. The van der Waals surface area contributed by atoms with Crippen LogP contribution in [0.25, 0.3) is 21.9 Å². The first-order valence-electron chi connectivity index (χ1n) is 8.78. The molecule has 1 fully saturated rings. The Labute approximate surface area is 161 Å². The normalized spacial score (nSPS) is 13.8. The number of nitrogens with zero attached hydrogens (tertiary/aromatic N) is 2. The zero-order chi connectivity index (χ0) is 18.8. The Morgan fingerprint density at radius 1 is 1.11 bits per heavy atom. The van der Waals surface area contributed by atoms with Crippen LogP contribution in [0.1, 0.15) is 22.5 Å². The number of hydrogen-bond acceptors (Lipinski definition) is 6. The third-order valence-electron chi connectivity index (χ3n) is 4.65. The third-order valence-corrected chi connectivity index (χ3v) is 5.73. The lowest BCUT2D eigenvalue weighted by molar-refractivity contribution is 0.0797. The van der Waals surface area contributed by atoms with E-state index in [1.165, 1.54) is 11.3 Å². The number of amides is 1. The molecule has 0 spiro atoms. The van der Waals surface area contributed by atoms with Gasteiger partial charge in [0, 0.05) is 24.7 Å². The number of benzene rings is 1. The lowest BCUT2D eigenvalue weighted by Gasteiger charge is -2.13. The fourth-order valence-electron chi connectivity index (χ4n) is 3.19. The predicted molar refractivity (Wildman–Crippen MR) is 103 cm³/mol. The third kappa shape index (κ3) is 3.42. The van der Waals surface area contributed by atoms with E-state index in [-0.39, 0.29) is 5.91 Å². The van der Waals surface area contributed by atoms with Crippen LogP contribution in [0.3, 0.4) is 0 Å². The van der Waals surface area contributed by atoms with E-state index in [4.69, 9.17) is 14.0 Å². The molecular weight excluding hydrogens is 364 g/mol. The molecule has 1 aromatic carbocycles. The Kier molecular flexibility index (Phi) is 4.85. The van der Waals surface area contributed by atoms with Gasteiger partial charge in [0.1, 0.15) is 17.2 Å². The SMILES string of the molecule is COc1ccc(OC)c(-c2cc(-c3ccc(C(=O)N4CCCC4)s3)on2)c1. The molecule has 6 nitrogen and oxygen atoms in total. The van der Waals surface area contributed by atoms with E-state index in [1.54, 1.807) is 14.2 Å². The van der Waals surface area contributed by atoms with Gasteiger partial charge in [-0.25, -0.2) is 0 Å². The van der Waals surface area contributed by atoms with Gasteiger partial charge in [0.15, 0.2) is 5.76 Å². The molecule has 2 aromatic heterocycles. The minimum atomic E-state index is 0.0953. The zero-order valence-corrected chi connectivity index (χ0v) is 16.0. The summed E-state index contributed by atoms with van der Waals surface area (Å²) in [4.78, 5) is 16.0. The van der Waals surface area contributed by atoms with Crippen LogP contribution in [-0.2, 0) is 0 Å². The summed E-state index contributed by atoms with van der Waals surface area (Å²) in [6.07, 6.45) is 2.16. The minimum absolute atomic E-state index is 0.0953. The smallest absolute Gasteiger partial charge is 0.263 e. The maximum absolute atomic E-state index is 12.5. The van der Waals surface area contributed by atoms with Gasteiger partial charge in [0.05, 0.1) is 24.0 Å². The van der Waals surface area contributed by atoms with Crippen LogP contribution < -0.4 is 9.47 Å². The van der Waals surface area contributed by atoms with Crippen molar-refractivity contribution >= 4 is 17.2 Å². The summed E-state index contributed by atoms with van der Waals surface area (Å²) in [7, 11) is 3.23. The van der Waals surface area contributed by atoms with Crippen LogP contribution in [0.2, 0.25) is 0 Å². The first-order chi connectivity index (χ1) is 13.2. The molecule has 0 radical (unpaired) electrons. The topological polar surface area (TPSA) is 64.8 Å². The summed E-state index contributed by atoms with van der Waals surface area (Å²) in [5.74, 6) is 2.12. The van der Waals surface area contributed by atoms with Gasteiger partial charge in [-0.2, -0.15) is 0 Å². The van der Waals surface area contributed by atoms with E-state index >= 15 is 0 Å². The lowest BCUT2D eigenvalue weighted by atomic mass is 10.1. The van der Waals surface area contributed by atoms with Crippen molar-refractivity contribution < 1.29 is 18.8 Å². The molecule has 3 aromatic rings. The molecule has 1 aliphatic rings. The Hall–Kier alpha value is -2.80. The Balaban J connectivity index is 1.61. The van der Waals surface area contributed by atoms with Gasteiger partial charge in [0.25, 0.3) is 5.91 Å². The van der Waals surface area contributed by atoms with Crippen LogP contribution in [0, 0.1) is 0 Å². The molecule has 0 saturated carbocycles. The summed E-state index contributed by atoms with van der Waals surface area (Å²) in [5.41, 5.74) is 1.44. The van der Waals surface area contributed by atoms with Crippen molar-refractivity contribution in [2.24, 2.45) is 0 Å². The molecule has 0 bridgehead atoms. The van der Waals surface area contributed by atoms with Crippen LogP contribution in [0.5, 0.6) is 11.5 Å². The van der Waals surface area contributed by atoms with Crippen LogP contribution in [-0.4, -0.2) is 43.3 Å². The average Bonchev–Trinajstić information content (AvgIpc) is 3.47. The standard InChI is InChI=1S/C20H20N2O4S/c1-24-13-5-6-16(25-2)14(11-13)15-12-17(26-21-15)18-7-8-19(27-18)20(23)22-9-3-4-10-22/h5-8,11-12H,3-4,9-10H2,1-2H3. The minimum Gasteiger partial charge on any atom is -0.497 e. The van der Waals surface area contributed by atoms with Crippen molar-refractivity contribution in [1.29, 1.82) is 0 Å². The molecule has 140 valence electrons. The first kappa shape index (κ1) is 17.6. The largest absolute Gasteiger partial charge is 0.497 e. The number of thiophene rings is 1. The van der Waals surface area contributed by atoms with Crippen LogP contribution in [0.4, 0.5) is 0 Å². The van der Waals surface area contributed by atoms with Crippen molar-refractivity contribution in [2.45, 2.75) is 12.8 Å². The maximum atomic E-state index is 12.5. The number of carbonyl (C=O) groups excluding carboxylic acids is 1. The molecule has 1 saturated heterocycles. The van der Waals surface area contributed by atoms with Crippen molar-refractivity contribution in [2.75, 3.05) is 27.3 Å². The van der Waals surface area contributed by atoms with E-state index < -0.39 is 0 Å². The molecule has 3 heterocycles. The fourth-order valence-corrected chi connectivity index (χ4v) is 4.12. The van der Waals surface area contributed by atoms with Crippen molar-refractivity contribution in [3.63, 3.8) is 0 Å². The van der Waals surface area contributed by atoms with Crippen molar-refractivity contribution in [1.82, 2.24) is 10.1 Å². The maximum Gasteiger partial charge on any atom is 0.263 e. The number of hydrogen-bond donors (Lipinski definition) is 0. The average molecular weight is 384 g/mol. The van der Waals surface area contributed by atoms with Gasteiger partial charge in [-0.05, 0) is 43.2 Å². The molecule has 7 heteroatoms. The van der Waals surface area contributed by atoms with E-state index in [2.05, 4.69) is 5.16 Å².